The van der Waals surface area contributed by atoms with Crippen LogP contribution in [0.5, 0.6) is 5.75 Å². The molecule has 1 unspecified atom stereocenters. The van der Waals surface area contributed by atoms with Crippen molar-refractivity contribution in [2.45, 2.75) is 19.6 Å². The molecule has 0 aliphatic heterocycles. The molecular weight excluding hydrogens is 340 g/mol. The fourth-order valence-corrected chi connectivity index (χ4v) is 2.73. The Morgan fingerprint density at radius 1 is 1.22 bits per heavy atom. The van der Waals surface area contributed by atoms with E-state index in [2.05, 4.69) is 11.2 Å². The molecule has 0 saturated heterocycles. The molecular formula is C21H20N4O2. The first-order valence-corrected chi connectivity index (χ1v) is 8.58. The van der Waals surface area contributed by atoms with Gasteiger partial charge in [0.25, 0.3) is 5.91 Å². The number of benzene rings is 2. The van der Waals surface area contributed by atoms with Crippen molar-refractivity contribution in [1.29, 1.82) is 5.26 Å². The molecule has 0 radical (unpaired) electrons. The van der Waals surface area contributed by atoms with E-state index >= 15 is 0 Å². The molecule has 0 spiro atoms. The van der Waals surface area contributed by atoms with E-state index in [0.29, 0.717) is 17.9 Å². The van der Waals surface area contributed by atoms with Crippen LogP contribution in [0.3, 0.4) is 0 Å². The molecule has 0 bridgehead atoms. The van der Waals surface area contributed by atoms with Gasteiger partial charge in [-0.2, -0.15) is 10.4 Å². The average Bonchev–Trinajstić information content (AvgIpc) is 3.17. The fourth-order valence-electron chi connectivity index (χ4n) is 2.73. The van der Waals surface area contributed by atoms with Gasteiger partial charge in [-0.3, -0.25) is 4.79 Å². The quantitative estimate of drug-likeness (QED) is 0.677. The Morgan fingerprint density at radius 3 is 2.67 bits per heavy atom. The number of likely N-dealkylation sites (N-methyl/N-ethyl adjacent to an activating group) is 1. The zero-order valence-electron chi connectivity index (χ0n) is 15.2. The summed E-state index contributed by atoms with van der Waals surface area (Å²) in [5, 5.41) is 13.5. The third kappa shape index (κ3) is 4.33. The van der Waals surface area contributed by atoms with Crippen LogP contribution in [0.15, 0.2) is 67.0 Å². The van der Waals surface area contributed by atoms with Gasteiger partial charge in [0.05, 0.1) is 17.4 Å². The Bertz CT molecular complexity index is 960. The van der Waals surface area contributed by atoms with E-state index in [1.165, 1.54) is 0 Å². The molecule has 1 heterocycles. The third-order valence-electron chi connectivity index (χ3n) is 4.11. The highest BCUT2D eigenvalue weighted by molar-refractivity contribution is 5.80. The van der Waals surface area contributed by atoms with Gasteiger partial charge in [0.1, 0.15) is 11.8 Å². The van der Waals surface area contributed by atoms with E-state index in [9.17, 15) is 4.79 Å². The summed E-state index contributed by atoms with van der Waals surface area (Å²) < 4.78 is 7.47. The van der Waals surface area contributed by atoms with E-state index in [1.54, 1.807) is 54.0 Å². The molecule has 0 aliphatic rings. The highest BCUT2D eigenvalue weighted by atomic mass is 16.5. The summed E-state index contributed by atoms with van der Waals surface area (Å²) in [6.07, 6.45) is 2.94. The lowest BCUT2D eigenvalue weighted by Crippen LogP contribution is -2.37. The van der Waals surface area contributed by atoms with Crippen molar-refractivity contribution in [2.24, 2.45) is 0 Å². The lowest BCUT2D eigenvalue weighted by molar-refractivity contribution is -0.137. The molecule has 0 aliphatic carbocycles. The van der Waals surface area contributed by atoms with E-state index in [0.717, 1.165) is 11.3 Å². The van der Waals surface area contributed by atoms with Crippen molar-refractivity contribution in [3.05, 3.63) is 78.1 Å². The summed E-state index contributed by atoms with van der Waals surface area (Å²) in [7, 11) is 1.72. The van der Waals surface area contributed by atoms with Crippen LogP contribution in [0.25, 0.3) is 5.69 Å². The van der Waals surface area contributed by atoms with E-state index in [-0.39, 0.29) is 5.91 Å². The lowest BCUT2D eigenvalue weighted by atomic mass is 10.2. The Balaban J connectivity index is 1.64. The number of hydrogen-bond donors (Lipinski definition) is 0. The number of hydrogen-bond acceptors (Lipinski definition) is 4. The van der Waals surface area contributed by atoms with Crippen LogP contribution in [0, 0.1) is 11.3 Å². The minimum absolute atomic E-state index is 0.171. The predicted molar refractivity (Wildman–Crippen MR) is 101 cm³/mol. The van der Waals surface area contributed by atoms with Gasteiger partial charge in [0.15, 0.2) is 6.10 Å². The largest absolute Gasteiger partial charge is 0.480 e. The Hall–Kier alpha value is -3.59. The van der Waals surface area contributed by atoms with Crippen LogP contribution in [0.1, 0.15) is 18.1 Å². The Morgan fingerprint density at radius 2 is 1.93 bits per heavy atom. The van der Waals surface area contributed by atoms with Gasteiger partial charge in [-0.05, 0) is 31.2 Å². The molecule has 0 saturated carbocycles. The van der Waals surface area contributed by atoms with E-state index in [4.69, 9.17) is 10.00 Å². The SMILES string of the molecule is CC(Oc1ccccc1C#N)C(=O)N(C)Cc1cnn(-c2ccccc2)c1. The first kappa shape index (κ1) is 18.2. The topological polar surface area (TPSA) is 71.2 Å². The van der Waals surface area contributed by atoms with Gasteiger partial charge in [-0.15, -0.1) is 0 Å². The Kier molecular flexibility index (Phi) is 5.53. The smallest absolute Gasteiger partial charge is 0.263 e. The average molecular weight is 360 g/mol. The molecule has 1 amide bonds. The van der Waals surface area contributed by atoms with Crippen LogP contribution in [0.4, 0.5) is 0 Å². The van der Waals surface area contributed by atoms with Gasteiger partial charge < -0.3 is 9.64 Å². The molecule has 136 valence electrons. The third-order valence-corrected chi connectivity index (χ3v) is 4.11. The maximum Gasteiger partial charge on any atom is 0.263 e. The molecule has 6 nitrogen and oxygen atoms in total. The molecule has 6 heteroatoms. The first-order chi connectivity index (χ1) is 13.1. The van der Waals surface area contributed by atoms with Crippen LogP contribution < -0.4 is 4.74 Å². The van der Waals surface area contributed by atoms with Crippen molar-refractivity contribution in [3.8, 4) is 17.5 Å². The van der Waals surface area contributed by atoms with Crippen LogP contribution in [0.2, 0.25) is 0 Å². The number of amides is 1. The summed E-state index contributed by atoms with van der Waals surface area (Å²) in [6, 6.07) is 18.7. The van der Waals surface area contributed by atoms with Crippen molar-refractivity contribution in [3.63, 3.8) is 0 Å². The van der Waals surface area contributed by atoms with Gasteiger partial charge >= 0.3 is 0 Å². The molecule has 3 aromatic rings. The predicted octanol–water partition coefficient (Wildman–Crippen LogP) is 3.17. The molecule has 0 fully saturated rings. The fraction of sp³-hybridized carbons (Fsp3) is 0.190. The van der Waals surface area contributed by atoms with E-state index in [1.807, 2.05) is 36.5 Å². The monoisotopic (exact) mass is 360 g/mol. The maximum absolute atomic E-state index is 12.6. The van der Waals surface area contributed by atoms with Crippen molar-refractivity contribution < 1.29 is 9.53 Å². The highest BCUT2D eigenvalue weighted by Crippen LogP contribution is 2.19. The number of carbonyl (C=O) groups is 1. The van der Waals surface area contributed by atoms with Crippen molar-refractivity contribution in [1.82, 2.24) is 14.7 Å². The molecule has 1 aromatic heterocycles. The number of rotatable bonds is 6. The van der Waals surface area contributed by atoms with Crippen molar-refractivity contribution in [2.75, 3.05) is 7.05 Å². The minimum atomic E-state index is -0.700. The van der Waals surface area contributed by atoms with Crippen molar-refractivity contribution >= 4 is 5.91 Å². The molecule has 2 aromatic carbocycles. The maximum atomic E-state index is 12.6. The first-order valence-electron chi connectivity index (χ1n) is 8.58. The number of nitrogens with zero attached hydrogens (tertiary/aromatic N) is 4. The van der Waals surface area contributed by atoms with Crippen LogP contribution in [-0.4, -0.2) is 33.7 Å². The molecule has 27 heavy (non-hydrogen) atoms. The zero-order valence-corrected chi connectivity index (χ0v) is 15.2. The summed E-state index contributed by atoms with van der Waals surface area (Å²) in [5.74, 6) is 0.237. The summed E-state index contributed by atoms with van der Waals surface area (Å²) in [5.41, 5.74) is 2.28. The van der Waals surface area contributed by atoms with Gasteiger partial charge in [0, 0.05) is 25.4 Å². The second-order valence-electron chi connectivity index (χ2n) is 6.19. The second-order valence-corrected chi connectivity index (χ2v) is 6.19. The highest BCUT2D eigenvalue weighted by Gasteiger charge is 2.21. The molecule has 3 rings (SSSR count). The van der Waals surface area contributed by atoms with Gasteiger partial charge in [-0.1, -0.05) is 30.3 Å². The number of nitriles is 1. The standard InChI is InChI=1S/C21H20N4O2/c1-16(27-20-11-7-6-8-18(20)12-22)21(26)24(2)14-17-13-23-25(15-17)19-9-4-3-5-10-19/h3-11,13,15-16H,14H2,1-2H3. The zero-order chi connectivity index (χ0) is 19.2. The normalized spacial score (nSPS) is 11.4. The number of para-hydroxylation sites is 2. The number of ether oxygens (including phenoxy) is 1. The number of aromatic nitrogens is 2. The van der Waals surface area contributed by atoms with Gasteiger partial charge in [0.2, 0.25) is 0 Å². The van der Waals surface area contributed by atoms with Gasteiger partial charge in [-0.25, -0.2) is 4.68 Å². The summed E-state index contributed by atoms with van der Waals surface area (Å²) >= 11 is 0. The lowest BCUT2D eigenvalue weighted by Gasteiger charge is -2.22. The molecule has 0 N–H and O–H groups in total. The minimum Gasteiger partial charge on any atom is -0.480 e. The van der Waals surface area contributed by atoms with Crippen LogP contribution >= 0.6 is 0 Å². The second kappa shape index (κ2) is 8.19. The van der Waals surface area contributed by atoms with E-state index < -0.39 is 6.10 Å². The molecule has 1 atom stereocenters. The van der Waals surface area contributed by atoms with Crippen LogP contribution in [-0.2, 0) is 11.3 Å². The Labute approximate surface area is 158 Å². The number of carbonyl (C=O) groups excluding carboxylic acids is 1. The summed E-state index contributed by atoms with van der Waals surface area (Å²) in [6.45, 7) is 2.10. The summed E-state index contributed by atoms with van der Waals surface area (Å²) in [4.78, 5) is 14.2.